The first-order chi connectivity index (χ1) is 8.64. The molecule has 1 heterocycles. The van der Waals surface area contributed by atoms with E-state index in [9.17, 15) is 9.90 Å². The summed E-state index contributed by atoms with van der Waals surface area (Å²) in [5.74, 6) is -0.372. The van der Waals surface area contributed by atoms with E-state index in [1.54, 1.807) is 19.2 Å². The zero-order valence-electron chi connectivity index (χ0n) is 10.6. The fourth-order valence-corrected chi connectivity index (χ4v) is 2.18. The van der Waals surface area contributed by atoms with Crippen molar-refractivity contribution in [2.24, 2.45) is 0 Å². The fraction of sp³-hybridized carbons (Fsp3) is 0.500. The molecule has 0 aromatic heterocycles. The number of epoxide rings is 1. The highest BCUT2D eigenvalue weighted by molar-refractivity contribution is 5.80. The summed E-state index contributed by atoms with van der Waals surface area (Å²) >= 11 is 0. The van der Waals surface area contributed by atoms with E-state index in [1.165, 1.54) is 0 Å². The number of benzene rings is 1. The van der Waals surface area contributed by atoms with Crippen LogP contribution in [0.1, 0.15) is 37.9 Å². The van der Waals surface area contributed by atoms with Gasteiger partial charge in [-0.3, -0.25) is 0 Å². The first kappa shape index (κ1) is 12.9. The SMILES string of the molecule is CCCCC1(C(=O)[O-])OC1c1ccc(OC)cc1. The van der Waals surface area contributed by atoms with Crippen LogP contribution < -0.4 is 9.84 Å². The molecule has 0 radical (unpaired) electrons. The molecule has 1 aliphatic heterocycles. The molecule has 1 saturated heterocycles. The molecule has 0 N–H and O–H groups in total. The molecule has 1 aromatic rings. The standard InChI is InChI=1S/C14H18O4/c1-3-4-9-14(13(15)16)12(18-14)10-5-7-11(17-2)8-6-10/h5-8,12H,3-4,9H2,1-2H3,(H,15,16)/p-1. The minimum atomic E-state index is -1.12. The minimum absolute atomic E-state index is 0.389. The monoisotopic (exact) mass is 249 g/mol. The average Bonchev–Trinajstić information content (AvgIpc) is 3.12. The molecule has 1 aromatic carbocycles. The van der Waals surface area contributed by atoms with E-state index in [0.29, 0.717) is 6.42 Å². The van der Waals surface area contributed by atoms with Crippen molar-refractivity contribution < 1.29 is 19.4 Å². The summed E-state index contributed by atoms with van der Waals surface area (Å²) in [5, 5.41) is 11.2. The fourth-order valence-electron chi connectivity index (χ4n) is 2.18. The summed E-state index contributed by atoms with van der Waals surface area (Å²) in [6, 6.07) is 7.27. The van der Waals surface area contributed by atoms with Gasteiger partial charge < -0.3 is 19.4 Å². The Labute approximate surface area is 107 Å². The lowest BCUT2D eigenvalue weighted by molar-refractivity contribution is -0.313. The molecule has 2 atom stereocenters. The Hall–Kier alpha value is -1.55. The largest absolute Gasteiger partial charge is 0.547 e. The molecular formula is C14H17O4-. The van der Waals surface area contributed by atoms with Gasteiger partial charge in [0, 0.05) is 0 Å². The molecule has 4 heteroatoms. The molecule has 0 bridgehead atoms. The van der Waals surface area contributed by atoms with E-state index < -0.39 is 11.6 Å². The lowest BCUT2D eigenvalue weighted by Gasteiger charge is -2.13. The number of hydrogen-bond acceptors (Lipinski definition) is 4. The zero-order chi connectivity index (χ0) is 13.2. The third-order valence-corrected chi connectivity index (χ3v) is 3.36. The number of carboxylic acid groups (broad SMARTS) is 1. The normalized spacial score (nSPS) is 25.8. The number of unbranched alkanes of at least 4 members (excludes halogenated alkanes) is 1. The highest BCUT2D eigenvalue weighted by atomic mass is 16.6. The van der Waals surface area contributed by atoms with Gasteiger partial charge in [0.1, 0.15) is 17.5 Å². The summed E-state index contributed by atoms with van der Waals surface area (Å²) in [6.45, 7) is 2.02. The lowest BCUT2D eigenvalue weighted by atomic mass is 9.94. The average molecular weight is 249 g/mol. The van der Waals surface area contributed by atoms with Gasteiger partial charge in [0.2, 0.25) is 0 Å². The van der Waals surface area contributed by atoms with Gasteiger partial charge >= 0.3 is 0 Å². The molecule has 1 fully saturated rings. The van der Waals surface area contributed by atoms with Crippen molar-refractivity contribution in [3.8, 4) is 5.75 Å². The third kappa shape index (κ3) is 2.20. The van der Waals surface area contributed by atoms with Gasteiger partial charge in [-0.25, -0.2) is 0 Å². The van der Waals surface area contributed by atoms with Crippen LogP contribution in [0.2, 0.25) is 0 Å². The predicted octanol–water partition coefficient (Wildman–Crippen LogP) is 1.45. The van der Waals surface area contributed by atoms with Crippen LogP contribution in [0.5, 0.6) is 5.75 Å². The second kappa shape index (κ2) is 4.98. The number of ether oxygens (including phenoxy) is 2. The van der Waals surface area contributed by atoms with Crippen LogP contribution in [-0.2, 0) is 9.53 Å². The Morgan fingerprint density at radius 1 is 1.44 bits per heavy atom. The molecule has 0 saturated carbocycles. The number of carbonyl (C=O) groups is 1. The van der Waals surface area contributed by atoms with Gasteiger partial charge in [0.05, 0.1) is 13.1 Å². The molecule has 98 valence electrons. The second-order valence-electron chi connectivity index (χ2n) is 4.55. The van der Waals surface area contributed by atoms with Gasteiger partial charge in [-0.2, -0.15) is 0 Å². The van der Waals surface area contributed by atoms with Crippen LogP contribution in [0.15, 0.2) is 24.3 Å². The van der Waals surface area contributed by atoms with Gasteiger partial charge in [-0.05, 0) is 24.1 Å². The molecule has 2 unspecified atom stereocenters. The highest BCUT2D eigenvalue weighted by Gasteiger charge is 2.57. The van der Waals surface area contributed by atoms with Crippen LogP contribution in [-0.4, -0.2) is 18.7 Å². The van der Waals surface area contributed by atoms with E-state index in [-0.39, 0.29) is 6.10 Å². The number of aliphatic carboxylic acids is 1. The first-order valence-corrected chi connectivity index (χ1v) is 6.17. The first-order valence-electron chi connectivity index (χ1n) is 6.17. The quantitative estimate of drug-likeness (QED) is 0.716. The van der Waals surface area contributed by atoms with Crippen LogP contribution in [0, 0.1) is 0 Å². The molecule has 1 aliphatic rings. The summed E-state index contributed by atoms with van der Waals surface area (Å²) < 4.78 is 10.5. The number of hydrogen-bond donors (Lipinski definition) is 0. The summed E-state index contributed by atoms with van der Waals surface area (Å²) in [6.07, 6.45) is 1.87. The van der Waals surface area contributed by atoms with E-state index in [2.05, 4.69) is 0 Å². The lowest BCUT2D eigenvalue weighted by Crippen LogP contribution is -2.39. The smallest absolute Gasteiger partial charge is 0.138 e. The van der Waals surface area contributed by atoms with Crippen molar-refractivity contribution >= 4 is 5.97 Å². The molecule has 2 rings (SSSR count). The van der Waals surface area contributed by atoms with Crippen molar-refractivity contribution in [1.82, 2.24) is 0 Å². The maximum Gasteiger partial charge on any atom is 0.138 e. The number of carbonyl (C=O) groups excluding carboxylic acids is 1. The Balaban J connectivity index is 2.12. The Morgan fingerprint density at radius 3 is 2.61 bits per heavy atom. The van der Waals surface area contributed by atoms with Crippen molar-refractivity contribution in [2.45, 2.75) is 37.9 Å². The van der Waals surface area contributed by atoms with E-state index in [1.807, 2.05) is 19.1 Å². The summed E-state index contributed by atoms with van der Waals surface area (Å²) in [4.78, 5) is 11.2. The summed E-state index contributed by atoms with van der Waals surface area (Å²) in [5.41, 5.74) is -0.263. The molecule has 0 aliphatic carbocycles. The van der Waals surface area contributed by atoms with Crippen LogP contribution in [0.25, 0.3) is 0 Å². The van der Waals surface area contributed by atoms with E-state index in [0.717, 1.165) is 24.2 Å². The Bertz CT molecular complexity index is 426. The number of methoxy groups -OCH3 is 1. The number of rotatable bonds is 6. The van der Waals surface area contributed by atoms with Gasteiger partial charge in [-0.1, -0.05) is 31.9 Å². The third-order valence-electron chi connectivity index (χ3n) is 3.36. The van der Waals surface area contributed by atoms with E-state index in [4.69, 9.17) is 9.47 Å². The molecule has 0 amide bonds. The topological polar surface area (TPSA) is 61.9 Å². The Morgan fingerprint density at radius 2 is 2.11 bits per heavy atom. The van der Waals surface area contributed by atoms with Crippen molar-refractivity contribution in [1.29, 1.82) is 0 Å². The number of carboxylic acids is 1. The van der Waals surface area contributed by atoms with Crippen LogP contribution in [0.3, 0.4) is 0 Å². The molecule has 0 spiro atoms. The van der Waals surface area contributed by atoms with Crippen LogP contribution in [0.4, 0.5) is 0 Å². The van der Waals surface area contributed by atoms with Crippen molar-refractivity contribution in [2.75, 3.05) is 7.11 Å². The predicted molar refractivity (Wildman–Crippen MR) is 64.1 cm³/mol. The summed E-state index contributed by atoms with van der Waals surface area (Å²) in [7, 11) is 1.59. The van der Waals surface area contributed by atoms with Crippen molar-refractivity contribution in [3.05, 3.63) is 29.8 Å². The second-order valence-corrected chi connectivity index (χ2v) is 4.55. The molecule has 4 nitrogen and oxygen atoms in total. The minimum Gasteiger partial charge on any atom is -0.547 e. The van der Waals surface area contributed by atoms with Gasteiger partial charge in [0.25, 0.3) is 0 Å². The zero-order valence-corrected chi connectivity index (χ0v) is 10.6. The van der Waals surface area contributed by atoms with Gasteiger partial charge in [-0.15, -0.1) is 0 Å². The Kier molecular flexibility index (Phi) is 3.57. The van der Waals surface area contributed by atoms with Crippen molar-refractivity contribution in [3.63, 3.8) is 0 Å². The maximum absolute atomic E-state index is 11.2. The van der Waals surface area contributed by atoms with Crippen LogP contribution >= 0.6 is 0 Å². The molecular weight excluding hydrogens is 232 g/mol. The maximum atomic E-state index is 11.2. The van der Waals surface area contributed by atoms with Gasteiger partial charge in [0.15, 0.2) is 0 Å². The molecule has 18 heavy (non-hydrogen) atoms. The highest BCUT2D eigenvalue weighted by Crippen LogP contribution is 2.52. The van der Waals surface area contributed by atoms with E-state index >= 15 is 0 Å².